The predicted octanol–water partition coefficient (Wildman–Crippen LogP) is 1.62. The van der Waals surface area contributed by atoms with Gasteiger partial charge in [0, 0.05) is 11.8 Å². The minimum Gasteiger partial charge on any atom is -0.325 e. The normalized spacial score (nSPS) is 16.0. The Morgan fingerprint density at radius 3 is 2.27 bits per heavy atom. The number of halogens is 2. The molecule has 6 nitrogen and oxygen atoms in total. The summed E-state index contributed by atoms with van der Waals surface area (Å²) >= 11 is 0. The van der Waals surface area contributed by atoms with Crippen LogP contribution in [0.4, 0.5) is 14.5 Å². The smallest absolute Gasteiger partial charge is 0.279 e. The highest BCUT2D eigenvalue weighted by molar-refractivity contribution is 7.89. The number of carbonyl (C=O) groups is 1. The third kappa shape index (κ3) is 5.21. The Kier molecular flexibility index (Phi) is 6.84. The molecule has 1 fully saturated rings. The molecule has 0 unspecified atom stereocenters. The molecule has 9 heteroatoms. The molecule has 2 N–H and O–H groups in total. The molecule has 1 aliphatic heterocycles. The molecule has 0 radical (unpaired) electrons. The molecule has 1 aliphatic rings. The summed E-state index contributed by atoms with van der Waals surface area (Å²) in [6.45, 7) is 5.80. The Balaban J connectivity index is 1.54. The molecule has 1 saturated heterocycles. The number of nitrogens with zero attached hydrogens (tertiary/aromatic N) is 1. The average Bonchev–Trinajstić information content (AvgIpc) is 2.71. The Bertz CT molecular complexity index is 1000. The van der Waals surface area contributed by atoms with Crippen molar-refractivity contribution in [3.05, 3.63) is 59.7 Å². The third-order valence-corrected chi connectivity index (χ3v) is 7.14. The van der Waals surface area contributed by atoms with Gasteiger partial charge in [-0.2, -0.15) is 4.31 Å². The Hall–Kier alpha value is -2.36. The van der Waals surface area contributed by atoms with Gasteiger partial charge in [0.1, 0.15) is 0 Å². The summed E-state index contributed by atoms with van der Waals surface area (Å²) in [7, 11) is -3.57. The lowest BCUT2D eigenvalue weighted by Gasteiger charge is -2.31. The fourth-order valence-electron chi connectivity index (χ4n) is 3.40. The fraction of sp³-hybridized carbons (Fsp3) is 0.381. The summed E-state index contributed by atoms with van der Waals surface area (Å²) < 4.78 is 53.4. The van der Waals surface area contributed by atoms with Gasteiger partial charge in [0.25, 0.3) is 5.91 Å². The molecule has 1 amide bonds. The van der Waals surface area contributed by atoms with Crippen LogP contribution < -0.4 is 10.2 Å². The van der Waals surface area contributed by atoms with Crippen LogP contribution in [-0.4, -0.2) is 51.4 Å². The molecule has 0 aliphatic carbocycles. The highest BCUT2D eigenvalue weighted by Crippen LogP contribution is 2.20. The SMILES string of the molecule is CC(C)c1ccc(S(=O)(=O)N2CC[NH+](CC(=O)Nc3ccc(F)c(F)c3)CC2)cc1. The van der Waals surface area contributed by atoms with Crippen LogP contribution >= 0.6 is 0 Å². The van der Waals surface area contributed by atoms with Crippen LogP contribution in [0.1, 0.15) is 25.3 Å². The van der Waals surface area contributed by atoms with Gasteiger partial charge in [0.15, 0.2) is 18.2 Å². The van der Waals surface area contributed by atoms with E-state index in [2.05, 4.69) is 5.32 Å². The van der Waals surface area contributed by atoms with Crippen molar-refractivity contribution < 1.29 is 26.9 Å². The maximum Gasteiger partial charge on any atom is 0.279 e. The Morgan fingerprint density at radius 1 is 1.07 bits per heavy atom. The number of piperazine rings is 1. The Labute approximate surface area is 175 Å². The molecule has 162 valence electrons. The first-order valence-corrected chi connectivity index (χ1v) is 11.3. The minimum absolute atomic E-state index is 0.121. The molecule has 30 heavy (non-hydrogen) atoms. The van der Waals surface area contributed by atoms with Gasteiger partial charge < -0.3 is 10.2 Å². The summed E-state index contributed by atoms with van der Waals surface area (Å²) in [6, 6.07) is 10.1. The van der Waals surface area contributed by atoms with Crippen LogP contribution in [0.2, 0.25) is 0 Å². The lowest BCUT2D eigenvalue weighted by atomic mass is 10.0. The van der Waals surface area contributed by atoms with Crippen molar-refractivity contribution in [1.29, 1.82) is 0 Å². The van der Waals surface area contributed by atoms with E-state index in [0.717, 1.165) is 22.6 Å². The van der Waals surface area contributed by atoms with Crippen molar-refractivity contribution in [2.24, 2.45) is 0 Å². The molecule has 0 atom stereocenters. The van der Waals surface area contributed by atoms with Gasteiger partial charge in [0.05, 0.1) is 31.1 Å². The summed E-state index contributed by atoms with van der Waals surface area (Å²) in [5.41, 5.74) is 1.26. The molecule has 2 aromatic carbocycles. The molecule has 3 rings (SSSR count). The van der Waals surface area contributed by atoms with Gasteiger partial charge in [-0.05, 0) is 35.7 Å². The number of benzene rings is 2. The third-order valence-electron chi connectivity index (χ3n) is 5.23. The zero-order chi connectivity index (χ0) is 21.9. The quantitative estimate of drug-likeness (QED) is 0.720. The van der Waals surface area contributed by atoms with Crippen molar-refractivity contribution in [3.63, 3.8) is 0 Å². The standard InChI is InChI=1S/C21H25F2N3O3S/c1-15(2)16-3-6-18(7-4-16)30(28,29)26-11-9-25(10-12-26)14-21(27)24-17-5-8-19(22)20(23)13-17/h3-8,13,15H,9-12,14H2,1-2H3,(H,24,27)/p+1. The van der Waals surface area contributed by atoms with Crippen LogP contribution in [0.5, 0.6) is 0 Å². The first-order valence-electron chi connectivity index (χ1n) is 9.85. The van der Waals surface area contributed by atoms with Gasteiger partial charge in [0.2, 0.25) is 10.0 Å². The van der Waals surface area contributed by atoms with E-state index in [1.807, 2.05) is 26.0 Å². The van der Waals surface area contributed by atoms with Crippen molar-refractivity contribution in [1.82, 2.24) is 4.31 Å². The number of rotatable bonds is 6. The van der Waals surface area contributed by atoms with Gasteiger partial charge in [-0.1, -0.05) is 26.0 Å². The van der Waals surface area contributed by atoms with Crippen LogP contribution in [0.3, 0.4) is 0 Å². The van der Waals surface area contributed by atoms with Gasteiger partial charge in [-0.3, -0.25) is 4.79 Å². The van der Waals surface area contributed by atoms with Gasteiger partial charge >= 0.3 is 0 Å². The van der Waals surface area contributed by atoms with Crippen LogP contribution in [0, 0.1) is 11.6 Å². The zero-order valence-electron chi connectivity index (χ0n) is 17.0. The number of sulfonamides is 1. The second-order valence-electron chi connectivity index (χ2n) is 7.73. The van der Waals surface area contributed by atoms with Crippen molar-refractivity contribution >= 4 is 21.6 Å². The molecule has 2 aromatic rings. The zero-order valence-corrected chi connectivity index (χ0v) is 17.8. The predicted molar refractivity (Wildman–Crippen MR) is 110 cm³/mol. The lowest BCUT2D eigenvalue weighted by Crippen LogP contribution is -3.15. The van der Waals surface area contributed by atoms with Crippen LogP contribution in [0.25, 0.3) is 0 Å². The van der Waals surface area contributed by atoms with Crippen molar-refractivity contribution in [3.8, 4) is 0 Å². The number of hydrogen-bond acceptors (Lipinski definition) is 3. The maximum absolute atomic E-state index is 13.3. The first kappa shape index (κ1) is 22.3. The molecule has 0 bridgehead atoms. The van der Waals surface area contributed by atoms with E-state index in [9.17, 15) is 22.0 Å². The number of nitrogens with one attached hydrogen (secondary N) is 2. The average molecular weight is 439 g/mol. The summed E-state index contributed by atoms with van der Waals surface area (Å²) in [4.78, 5) is 13.4. The summed E-state index contributed by atoms with van der Waals surface area (Å²) in [6.07, 6.45) is 0. The van der Waals surface area contributed by atoms with E-state index in [1.165, 1.54) is 10.4 Å². The van der Waals surface area contributed by atoms with E-state index in [1.54, 1.807) is 12.1 Å². The topological polar surface area (TPSA) is 70.9 Å². The van der Waals surface area contributed by atoms with Crippen LogP contribution in [0.15, 0.2) is 47.4 Å². The largest absolute Gasteiger partial charge is 0.325 e. The van der Waals surface area contributed by atoms with Gasteiger partial charge in [-0.25, -0.2) is 17.2 Å². The van der Waals surface area contributed by atoms with Crippen molar-refractivity contribution in [2.75, 3.05) is 38.0 Å². The second kappa shape index (κ2) is 9.20. The Morgan fingerprint density at radius 2 is 1.70 bits per heavy atom. The van der Waals surface area contributed by atoms with E-state index in [4.69, 9.17) is 0 Å². The lowest BCUT2D eigenvalue weighted by molar-refractivity contribution is -0.895. The summed E-state index contributed by atoms with van der Waals surface area (Å²) in [5, 5.41) is 2.54. The number of quaternary nitrogens is 1. The monoisotopic (exact) mass is 438 g/mol. The molecule has 0 spiro atoms. The minimum atomic E-state index is -3.57. The molecular weight excluding hydrogens is 412 g/mol. The highest BCUT2D eigenvalue weighted by atomic mass is 32.2. The number of anilines is 1. The van der Waals surface area contributed by atoms with E-state index >= 15 is 0 Å². The summed E-state index contributed by atoms with van der Waals surface area (Å²) in [5.74, 6) is -2.02. The van der Waals surface area contributed by atoms with E-state index in [0.29, 0.717) is 32.1 Å². The molecule has 0 aromatic heterocycles. The number of hydrogen-bond donors (Lipinski definition) is 2. The fourth-order valence-corrected chi connectivity index (χ4v) is 4.84. The number of amides is 1. The van der Waals surface area contributed by atoms with Crippen molar-refractivity contribution in [2.45, 2.75) is 24.7 Å². The number of carbonyl (C=O) groups excluding carboxylic acids is 1. The highest BCUT2D eigenvalue weighted by Gasteiger charge is 2.31. The van der Waals surface area contributed by atoms with E-state index < -0.39 is 21.7 Å². The molecule has 1 heterocycles. The molecular formula is C21H26F2N3O3S+. The molecule has 0 saturated carbocycles. The van der Waals surface area contributed by atoms with E-state index in [-0.39, 0.29) is 23.0 Å². The first-order chi connectivity index (χ1) is 14.2. The van der Waals surface area contributed by atoms with Crippen LogP contribution in [-0.2, 0) is 14.8 Å². The maximum atomic E-state index is 13.3. The second-order valence-corrected chi connectivity index (χ2v) is 9.67. The van der Waals surface area contributed by atoms with Gasteiger partial charge in [-0.15, -0.1) is 0 Å².